The Bertz CT molecular complexity index is 727. The minimum absolute atomic E-state index is 0.231. The van der Waals surface area contributed by atoms with Gasteiger partial charge in [0.1, 0.15) is 0 Å². The molecule has 2 aromatic carbocycles. The highest BCUT2D eigenvalue weighted by molar-refractivity contribution is 6.30. The van der Waals surface area contributed by atoms with E-state index in [9.17, 15) is 10.1 Å². The number of hydrogen-bond acceptors (Lipinski definition) is 3. The maximum Gasteiger partial charge on any atom is 0.275 e. The SMILES string of the molecule is Cc1cc(N2CCC(c3ccc(Cl)cc3)CC2)cc(C)c1[N+](=O)[O-]. The Kier molecular flexibility index (Phi) is 4.76. The number of aryl methyl sites for hydroxylation is 2. The molecule has 0 atom stereocenters. The molecular formula is C19H21ClN2O2. The molecular weight excluding hydrogens is 324 g/mol. The molecule has 24 heavy (non-hydrogen) atoms. The summed E-state index contributed by atoms with van der Waals surface area (Å²) in [6, 6.07) is 12.0. The van der Waals surface area contributed by atoms with Crippen LogP contribution in [0.15, 0.2) is 36.4 Å². The molecule has 1 fully saturated rings. The van der Waals surface area contributed by atoms with Gasteiger partial charge < -0.3 is 4.90 Å². The topological polar surface area (TPSA) is 46.4 Å². The second-order valence-electron chi connectivity index (χ2n) is 6.50. The fourth-order valence-electron chi connectivity index (χ4n) is 3.61. The van der Waals surface area contributed by atoms with Crippen LogP contribution in [-0.2, 0) is 0 Å². The first-order valence-electron chi connectivity index (χ1n) is 8.22. The Labute approximate surface area is 147 Å². The van der Waals surface area contributed by atoms with Gasteiger partial charge in [0.05, 0.1) is 4.92 Å². The second kappa shape index (κ2) is 6.81. The van der Waals surface area contributed by atoms with Crippen LogP contribution in [0.5, 0.6) is 0 Å². The van der Waals surface area contributed by atoms with Crippen LogP contribution >= 0.6 is 11.6 Å². The number of nitro groups is 1. The van der Waals surface area contributed by atoms with Crippen molar-refractivity contribution in [3.63, 3.8) is 0 Å². The molecule has 0 aliphatic carbocycles. The number of hydrogen-bond donors (Lipinski definition) is 0. The van der Waals surface area contributed by atoms with Crippen molar-refractivity contribution < 1.29 is 4.92 Å². The number of benzene rings is 2. The Balaban J connectivity index is 1.73. The molecule has 0 bridgehead atoms. The van der Waals surface area contributed by atoms with Gasteiger partial charge in [-0.1, -0.05) is 23.7 Å². The largest absolute Gasteiger partial charge is 0.371 e. The van der Waals surface area contributed by atoms with E-state index in [0.29, 0.717) is 5.92 Å². The van der Waals surface area contributed by atoms with Gasteiger partial charge in [0, 0.05) is 34.9 Å². The molecule has 3 rings (SSSR count). The summed E-state index contributed by atoms with van der Waals surface area (Å²) in [7, 11) is 0. The molecule has 126 valence electrons. The van der Waals surface area contributed by atoms with Gasteiger partial charge >= 0.3 is 0 Å². The lowest BCUT2D eigenvalue weighted by Gasteiger charge is -2.34. The van der Waals surface area contributed by atoms with Crippen molar-refractivity contribution in [1.82, 2.24) is 0 Å². The summed E-state index contributed by atoms with van der Waals surface area (Å²) in [4.78, 5) is 13.2. The van der Waals surface area contributed by atoms with Gasteiger partial charge in [-0.05, 0) is 62.4 Å². The lowest BCUT2D eigenvalue weighted by molar-refractivity contribution is -0.386. The summed E-state index contributed by atoms with van der Waals surface area (Å²) in [5.74, 6) is 0.554. The van der Waals surface area contributed by atoms with Crippen LogP contribution < -0.4 is 4.90 Å². The number of nitrogens with zero attached hydrogens (tertiary/aromatic N) is 2. The van der Waals surface area contributed by atoms with Crippen LogP contribution in [0, 0.1) is 24.0 Å². The van der Waals surface area contributed by atoms with E-state index in [1.165, 1.54) is 5.56 Å². The zero-order valence-electron chi connectivity index (χ0n) is 14.0. The van der Waals surface area contributed by atoms with Crippen molar-refractivity contribution >= 4 is 23.0 Å². The molecule has 1 aliphatic heterocycles. The average molecular weight is 345 g/mol. The minimum atomic E-state index is -0.290. The van der Waals surface area contributed by atoms with Crippen LogP contribution in [0.25, 0.3) is 0 Å². The number of anilines is 1. The average Bonchev–Trinajstić information content (AvgIpc) is 2.54. The first-order valence-corrected chi connectivity index (χ1v) is 8.59. The summed E-state index contributed by atoms with van der Waals surface area (Å²) < 4.78 is 0. The maximum atomic E-state index is 11.1. The van der Waals surface area contributed by atoms with E-state index in [2.05, 4.69) is 17.0 Å². The molecule has 2 aromatic rings. The van der Waals surface area contributed by atoms with Gasteiger partial charge in [0.2, 0.25) is 0 Å². The Morgan fingerprint density at radius 1 is 1.08 bits per heavy atom. The summed E-state index contributed by atoms with van der Waals surface area (Å²) >= 11 is 5.96. The highest BCUT2D eigenvalue weighted by Crippen LogP contribution is 2.34. The molecule has 1 saturated heterocycles. The summed E-state index contributed by atoms with van der Waals surface area (Å²) in [6.45, 7) is 5.55. The summed E-state index contributed by atoms with van der Waals surface area (Å²) in [5, 5.41) is 11.9. The third-order valence-corrected chi connectivity index (χ3v) is 5.11. The molecule has 1 aliphatic rings. The van der Waals surface area contributed by atoms with E-state index < -0.39 is 0 Å². The molecule has 0 saturated carbocycles. The standard InChI is InChI=1S/C19H21ClN2O2/c1-13-11-18(12-14(2)19(13)22(23)24)21-9-7-16(8-10-21)15-3-5-17(20)6-4-15/h3-6,11-12,16H,7-10H2,1-2H3. The normalized spacial score (nSPS) is 15.5. The molecule has 0 spiro atoms. The van der Waals surface area contributed by atoms with Gasteiger partial charge in [0.15, 0.2) is 0 Å². The molecule has 0 N–H and O–H groups in total. The summed E-state index contributed by atoms with van der Waals surface area (Å²) in [5.41, 5.74) is 4.12. The van der Waals surface area contributed by atoms with Crippen LogP contribution in [0.4, 0.5) is 11.4 Å². The fourth-order valence-corrected chi connectivity index (χ4v) is 3.74. The lowest BCUT2D eigenvalue weighted by Crippen LogP contribution is -2.33. The summed E-state index contributed by atoms with van der Waals surface area (Å²) in [6.07, 6.45) is 2.16. The van der Waals surface area contributed by atoms with Crippen molar-refractivity contribution in [3.05, 3.63) is 68.2 Å². The van der Waals surface area contributed by atoms with Crippen LogP contribution in [0.3, 0.4) is 0 Å². The highest BCUT2D eigenvalue weighted by atomic mass is 35.5. The van der Waals surface area contributed by atoms with Crippen LogP contribution in [0.2, 0.25) is 5.02 Å². The van der Waals surface area contributed by atoms with Crippen molar-refractivity contribution in [2.24, 2.45) is 0 Å². The van der Waals surface area contributed by atoms with Gasteiger partial charge in [-0.25, -0.2) is 0 Å². The predicted octanol–water partition coefficient (Wildman–Crippen LogP) is 5.25. The maximum absolute atomic E-state index is 11.1. The lowest BCUT2D eigenvalue weighted by atomic mass is 9.89. The minimum Gasteiger partial charge on any atom is -0.371 e. The molecule has 0 unspecified atom stereocenters. The van der Waals surface area contributed by atoms with Crippen molar-refractivity contribution in [3.8, 4) is 0 Å². The quantitative estimate of drug-likeness (QED) is 0.564. The van der Waals surface area contributed by atoms with Crippen molar-refractivity contribution in [2.45, 2.75) is 32.6 Å². The van der Waals surface area contributed by atoms with Gasteiger partial charge in [-0.15, -0.1) is 0 Å². The van der Waals surface area contributed by atoms with Crippen LogP contribution in [0.1, 0.15) is 35.4 Å². The van der Waals surface area contributed by atoms with Gasteiger partial charge in [-0.3, -0.25) is 10.1 Å². The fraction of sp³-hybridized carbons (Fsp3) is 0.368. The monoisotopic (exact) mass is 344 g/mol. The number of rotatable bonds is 3. The van der Waals surface area contributed by atoms with Crippen molar-refractivity contribution in [1.29, 1.82) is 0 Å². The molecule has 4 nitrogen and oxygen atoms in total. The molecule has 0 aromatic heterocycles. The van der Waals surface area contributed by atoms with Gasteiger partial charge in [-0.2, -0.15) is 0 Å². The Morgan fingerprint density at radius 3 is 2.12 bits per heavy atom. The Morgan fingerprint density at radius 2 is 1.62 bits per heavy atom. The first-order chi connectivity index (χ1) is 11.5. The van der Waals surface area contributed by atoms with E-state index in [1.807, 2.05) is 38.1 Å². The first kappa shape index (κ1) is 16.8. The zero-order chi connectivity index (χ0) is 17.3. The van der Waals surface area contributed by atoms with Crippen LogP contribution in [-0.4, -0.2) is 18.0 Å². The zero-order valence-corrected chi connectivity index (χ0v) is 14.7. The van der Waals surface area contributed by atoms with E-state index in [-0.39, 0.29) is 10.6 Å². The second-order valence-corrected chi connectivity index (χ2v) is 6.93. The van der Waals surface area contributed by atoms with Crippen molar-refractivity contribution in [2.75, 3.05) is 18.0 Å². The molecule has 5 heteroatoms. The smallest absolute Gasteiger partial charge is 0.275 e. The van der Waals surface area contributed by atoms with E-state index in [1.54, 1.807) is 0 Å². The highest BCUT2D eigenvalue weighted by Gasteiger charge is 2.23. The molecule has 0 amide bonds. The number of piperidine rings is 1. The molecule has 0 radical (unpaired) electrons. The van der Waals surface area contributed by atoms with E-state index in [4.69, 9.17) is 11.6 Å². The Hall–Kier alpha value is -2.07. The van der Waals surface area contributed by atoms with Gasteiger partial charge in [0.25, 0.3) is 5.69 Å². The van der Waals surface area contributed by atoms with E-state index in [0.717, 1.165) is 47.8 Å². The predicted molar refractivity (Wildman–Crippen MR) is 98.2 cm³/mol. The third-order valence-electron chi connectivity index (χ3n) is 4.86. The van der Waals surface area contributed by atoms with E-state index >= 15 is 0 Å². The number of nitro benzene ring substituents is 1. The molecule has 1 heterocycles. The number of halogens is 1. The third kappa shape index (κ3) is 3.39.